The van der Waals surface area contributed by atoms with Gasteiger partial charge in [0.2, 0.25) is 5.91 Å². The number of carbonyl (C=O) groups is 2. The minimum Gasteiger partial charge on any atom is -0.493 e. The summed E-state index contributed by atoms with van der Waals surface area (Å²) in [6.45, 7) is 1.33. The molecule has 0 spiro atoms. The molecule has 0 aliphatic rings. The van der Waals surface area contributed by atoms with Crippen molar-refractivity contribution in [2.24, 2.45) is 10.2 Å². The third-order valence-electron chi connectivity index (χ3n) is 2.92. The Morgan fingerprint density at radius 1 is 1.04 bits per heavy atom. The third kappa shape index (κ3) is 4.99. The van der Waals surface area contributed by atoms with Gasteiger partial charge < -0.3 is 14.8 Å². The number of benzene rings is 1. The highest BCUT2D eigenvalue weighted by atomic mass is 16.5. The van der Waals surface area contributed by atoms with E-state index in [4.69, 9.17) is 4.74 Å². The summed E-state index contributed by atoms with van der Waals surface area (Å²) in [6, 6.07) is 10.5. The quantitative estimate of drug-likeness (QED) is 0.804. The average Bonchev–Trinajstić information content (AvgIpc) is 2.61. The number of nitrogens with one attached hydrogen (secondary N) is 2. The number of carbonyl (C=O) groups excluding carboxylic acids is 2. The first-order valence-electron chi connectivity index (χ1n) is 7.22. The van der Waals surface area contributed by atoms with Crippen molar-refractivity contribution in [3.05, 3.63) is 36.4 Å². The molecule has 0 aliphatic heterocycles. The lowest BCUT2D eigenvalue weighted by molar-refractivity contribution is -0.114. The second kappa shape index (κ2) is 8.39. The smallest absolute Gasteiger partial charge is 0.412 e. The molecular weight excluding hydrogens is 326 g/mol. The number of pyridine rings is 1. The Morgan fingerprint density at radius 3 is 2.36 bits per heavy atom. The van der Waals surface area contributed by atoms with E-state index < -0.39 is 6.09 Å². The van der Waals surface area contributed by atoms with Crippen LogP contribution in [0.15, 0.2) is 46.6 Å². The minimum atomic E-state index is -0.734. The maximum Gasteiger partial charge on any atom is 0.412 e. The van der Waals surface area contributed by atoms with Crippen molar-refractivity contribution in [1.29, 1.82) is 0 Å². The highest BCUT2D eigenvalue weighted by Gasteiger charge is 2.16. The molecule has 0 radical (unpaired) electrons. The van der Waals surface area contributed by atoms with Gasteiger partial charge in [-0.25, -0.2) is 9.78 Å². The zero-order valence-electron chi connectivity index (χ0n) is 13.9. The first kappa shape index (κ1) is 17.9. The third-order valence-corrected chi connectivity index (χ3v) is 2.92. The number of amides is 2. The molecule has 0 atom stereocenters. The maximum atomic E-state index is 11.5. The van der Waals surface area contributed by atoms with Gasteiger partial charge in [-0.15, -0.1) is 5.11 Å². The molecule has 0 aliphatic carbocycles. The Hall–Kier alpha value is -3.49. The molecule has 9 heteroatoms. The van der Waals surface area contributed by atoms with Crippen molar-refractivity contribution in [2.45, 2.75) is 6.92 Å². The number of anilines is 2. The topological polar surface area (TPSA) is 114 Å². The number of methoxy groups -OCH3 is 2. The van der Waals surface area contributed by atoms with E-state index in [2.05, 4.69) is 30.6 Å². The number of azo groups is 1. The Bertz CT molecular complexity index is 793. The average molecular weight is 343 g/mol. The van der Waals surface area contributed by atoms with Crippen molar-refractivity contribution >= 4 is 35.0 Å². The molecule has 1 heterocycles. The first-order valence-corrected chi connectivity index (χ1v) is 7.22. The monoisotopic (exact) mass is 343 g/mol. The van der Waals surface area contributed by atoms with Gasteiger partial charge in [0.05, 0.1) is 19.9 Å². The van der Waals surface area contributed by atoms with Gasteiger partial charge in [0.25, 0.3) is 0 Å². The summed E-state index contributed by atoms with van der Waals surface area (Å²) in [5.41, 5.74) is 0.858. The molecule has 0 saturated carbocycles. The van der Waals surface area contributed by atoms with E-state index in [0.29, 0.717) is 5.69 Å². The number of ether oxygens (including phenoxy) is 2. The van der Waals surface area contributed by atoms with Crippen LogP contribution in [-0.2, 0) is 9.53 Å². The molecule has 0 bridgehead atoms. The van der Waals surface area contributed by atoms with Gasteiger partial charge >= 0.3 is 6.09 Å². The van der Waals surface area contributed by atoms with Crippen LogP contribution in [-0.4, -0.2) is 31.2 Å². The summed E-state index contributed by atoms with van der Waals surface area (Å²) in [5.74, 6) is 0.136. The number of aromatic nitrogens is 1. The minimum absolute atomic E-state index is 0.0658. The molecule has 0 saturated heterocycles. The Labute approximate surface area is 144 Å². The highest BCUT2D eigenvalue weighted by Crippen LogP contribution is 2.34. The van der Waals surface area contributed by atoms with Crippen molar-refractivity contribution in [3.63, 3.8) is 0 Å². The van der Waals surface area contributed by atoms with Gasteiger partial charge in [-0.05, 0) is 12.1 Å². The predicted molar refractivity (Wildman–Crippen MR) is 91.7 cm³/mol. The lowest BCUT2D eigenvalue weighted by atomic mass is 10.3. The standard InChI is InChI=1S/C16H17N5O4/c1-10(22)17-15-13(24-2)9-12(14(18-15)19-16(23)25-3)21-20-11-7-5-4-6-8-11/h4-9H,1-3H3,(H2,17,18,19,22,23). The van der Waals surface area contributed by atoms with Gasteiger partial charge in [-0.3, -0.25) is 10.1 Å². The molecule has 25 heavy (non-hydrogen) atoms. The fourth-order valence-corrected chi connectivity index (χ4v) is 1.82. The Kier molecular flexibility index (Phi) is 5.99. The van der Waals surface area contributed by atoms with Crippen LogP contribution in [0.1, 0.15) is 6.92 Å². The molecule has 1 aromatic carbocycles. The van der Waals surface area contributed by atoms with Crippen LogP contribution in [0.25, 0.3) is 0 Å². The molecular formula is C16H17N5O4. The van der Waals surface area contributed by atoms with E-state index in [0.717, 1.165) is 0 Å². The zero-order chi connectivity index (χ0) is 18.2. The van der Waals surface area contributed by atoms with Gasteiger partial charge in [0.1, 0.15) is 5.69 Å². The molecule has 0 fully saturated rings. The van der Waals surface area contributed by atoms with E-state index in [1.807, 2.05) is 18.2 Å². The van der Waals surface area contributed by atoms with Gasteiger partial charge in [-0.2, -0.15) is 5.11 Å². The number of hydrogen-bond donors (Lipinski definition) is 2. The van der Waals surface area contributed by atoms with Crippen LogP contribution < -0.4 is 15.4 Å². The second-order valence-electron chi connectivity index (χ2n) is 4.74. The zero-order valence-corrected chi connectivity index (χ0v) is 13.9. The van der Waals surface area contributed by atoms with E-state index >= 15 is 0 Å². The van der Waals surface area contributed by atoms with Crippen LogP contribution in [0, 0.1) is 0 Å². The lowest BCUT2D eigenvalue weighted by Crippen LogP contribution is -2.14. The number of hydrogen-bond acceptors (Lipinski definition) is 7. The molecule has 1 aromatic heterocycles. The van der Waals surface area contributed by atoms with Crippen LogP contribution in [0.2, 0.25) is 0 Å². The van der Waals surface area contributed by atoms with Crippen LogP contribution in [0.3, 0.4) is 0 Å². The molecule has 130 valence electrons. The van der Waals surface area contributed by atoms with E-state index in [1.165, 1.54) is 27.2 Å². The molecule has 2 N–H and O–H groups in total. The van der Waals surface area contributed by atoms with E-state index in [1.54, 1.807) is 12.1 Å². The summed E-state index contributed by atoms with van der Waals surface area (Å²) in [7, 11) is 2.65. The summed E-state index contributed by atoms with van der Waals surface area (Å²) in [5, 5.41) is 13.1. The summed E-state index contributed by atoms with van der Waals surface area (Å²) in [4.78, 5) is 27.0. The van der Waals surface area contributed by atoms with Crippen molar-refractivity contribution in [2.75, 3.05) is 24.9 Å². The fourth-order valence-electron chi connectivity index (χ4n) is 1.82. The van der Waals surface area contributed by atoms with Gasteiger partial charge in [0.15, 0.2) is 17.4 Å². The van der Waals surface area contributed by atoms with Crippen LogP contribution in [0.4, 0.5) is 27.8 Å². The Morgan fingerprint density at radius 2 is 1.76 bits per heavy atom. The van der Waals surface area contributed by atoms with Crippen LogP contribution >= 0.6 is 0 Å². The SMILES string of the molecule is COC(=O)Nc1nc(NC(C)=O)c(OC)cc1N=Nc1ccccc1. The largest absolute Gasteiger partial charge is 0.493 e. The van der Waals surface area contributed by atoms with Crippen LogP contribution in [0.5, 0.6) is 5.75 Å². The van der Waals surface area contributed by atoms with Crippen molar-refractivity contribution in [1.82, 2.24) is 4.98 Å². The lowest BCUT2D eigenvalue weighted by Gasteiger charge is -2.12. The molecule has 0 unspecified atom stereocenters. The van der Waals surface area contributed by atoms with Gasteiger partial charge in [0, 0.05) is 13.0 Å². The molecule has 2 rings (SSSR count). The summed E-state index contributed by atoms with van der Waals surface area (Å²) < 4.78 is 9.77. The van der Waals surface area contributed by atoms with Crippen molar-refractivity contribution in [3.8, 4) is 5.75 Å². The molecule has 2 amide bonds. The van der Waals surface area contributed by atoms with E-state index in [-0.39, 0.29) is 29.0 Å². The molecule has 9 nitrogen and oxygen atoms in total. The predicted octanol–water partition coefficient (Wildman–Crippen LogP) is 3.64. The van der Waals surface area contributed by atoms with Crippen molar-refractivity contribution < 1.29 is 19.1 Å². The second-order valence-corrected chi connectivity index (χ2v) is 4.74. The first-order chi connectivity index (χ1) is 12.0. The summed E-state index contributed by atoms with van der Waals surface area (Å²) in [6.07, 6.45) is -0.734. The normalized spacial score (nSPS) is 10.4. The van der Waals surface area contributed by atoms with E-state index in [9.17, 15) is 9.59 Å². The number of nitrogens with zero attached hydrogens (tertiary/aromatic N) is 3. The van der Waals surface area contributed by atoms with Gasteiger partial charge in [-0.1, -0.05) is 18.2 Å². The number of rotatable bonds is 5. The highest BCUT2D eigenvalue weighted by molar-refractivity contribution is 5.92. The maximum absolute atomic E-state index is 11.5. The fraction of sp³-hybridized carbons (Fsp3) is 0.188. The molecule has 2 aromatic rings. The Balaban J connectivity index is 2.45. The summed E-state index contributed by atoms with van der Waals surface area (Å²) >= 11 is 0.